The SMILES string of the molecule is CF.S.c1ccncc1. The van der Waals surface area contributed by atoms with Gasteiger partial charge in [0.15, 0.2) is 0 Å². The summed E-state index contributed by atoms with van der Waals surface area (Å²) in [6.45, 7) is 0. The highest BCUT2D eigenvalue weighted by Crippen LogP contribution is 1.73. The summed E-state index contributed by atoms with van der Waals surface area (Å²) < 4.78 is 9.50. The topological polar surface area (TPSA) is 12.9 Å². The van der Waals surface area contributed by atoms with Crippen LogP contribution in [0.2, 0.25) is 0 Å². The van der Waals surface area contributed by atoms with Gasteiger partial charge in [0.1, 0.15) is 0 Å². The molecule has 0 fully saturated rings. The van der Waals surface area contributed by atoms with E-state index in [9.17, 15) is 4.39 Å². The number of hydrogen-bond donors (Lipinski definition) is 0. The molecule has 0 saturated heterocycles. The first-order valence-electron chi connectivity index (χ1n) is 2.23. The maximum Gasteiger partial charge on any atom is 0.0785 e. The molecule has 0 aliphatic carbocycles. The molecule has 1 aromatic rings. The van der Waals surface area contributed by atoms with Crippen molar-refractivity contribution in [2.75, 3.05) is 7.18 Å². The van der Waals surface area contributed by atoms with Crippen LogP contribution in [0.25, 0.3) is 0 Å². The third-order valence-corrected chi connectivity index (χ3v) is 0.566. The summed E-state index contributed by atoms with van der Waals surface area (Å²) in [7, 11) is 0.500. The summed E-state index contributed by atoms with van der Waals surface area (Å²) in [5.41, 5.74) is 0. The van der Waals surface area contributed by atoms with Crippen molar-refractivity contribution < 1.29 is 4.39 Å². The lowest BCUT2D eigenvalue weighted by Crippen LogP contribution is -1.58. The van der Waals surface area contributed by atoms with Crippen LogP contribution >= 0.6 is 13.5 Å². The zero-order valence-electron chi connectivity index (χ0n) is 5.21. The first-order valence-corrected chi connectivity index (χ1v) is 2.23. The first-order chi connectivity index (χ1) is 4.00. The van der Waals surface area contributed by atoms with Crippen molar-refractivity contribution in [2.24, 2.45) is 0 Å². The Kier molecular flexibility index (Phi) is 13.0. The lowest BCUT2D eigenvalue weighted by Gasteiger charge is -1.70. The molecular formula is C6H10FNS. The van der Waals surface area contributed by atoms with E-state index < -0.39 is 0 Å². The minimum Gasteiger partial charge on any atom is -0.265 e. The van der Waals surface area contributed by atoms with E-state index in [1.807, 2.05) is 18.2 Å². The van der Waals surface area contributed by atoms with Crippen molar-refractivity contribution in [1.29, 1.82) is 0 Å². The van der Waals surface area contributed by atoms with Gasteiger partial charge < -0.3 is 0 Å². The van der Waals surface area contributed by atoms with Gasteiger partial charge in [-0.1, -0.05) is 6.07 Å². The van der Waals surface area contributed by atoms with E-state index in [2.05, 4.69) is 4.98 Å². The van der Waals surface area contributed by atoms with Crippen molar-refractivity contribution >= 4 is 13.5 Å². The number of halogens is 1. The smallest absolute Gasteiger partial charge is 0.0785 e. The number of nitrogens with zero attached hydrogens (tertiary/aromatic N) is 1. The predicted molar refractivity (Wildman–Crippen MR) is 41.7 cm³/mol. The summed E-state index contributed by atoms with van der Waals surface area (Å²) in [4.78, 5) is 3.78. The molecule has 0 amide bonds. The molecule has 0 bridgehead atoms. The minimum atomic E-state index is 0. The molecule has 0 spiro atoms. The fourth-order valence-electron chi connectivity index (χ4n) is 0.313. The van der Waals surface area contributed by atoms with Gasteiger partial charge in [0.25, 0.3) is 0 Å². The summed E-state index contributed by atoms with van der Waals surface area (Å²) in [5.74, 6) is 0. The molecule has 0 unspecified atom stereocenters. The highest BCUT2D eigenvalue weighted by Gasteiger charge is 1.58. The standard InChI is InChI=1S/C5H5N.CH3F.H2S/c1-2-4-6-5-3-1;1-2;/h1-5H;1H3;1H2. The van der Waals surface area contributed by atoms with E-state index in [1.165, 1.54) is 0 Å². The molecule has 1 rings (SSSR count). The summed E-state index contributed by atoms with van der Waals surface area (Å²) in [5, 5.41) is 0. The van der Waals surface area contributed by atoms with Crippen LogP contribution in [0, 0.1) is 0 Å². The molecule has 0 aliphatic heterocycles. The molecule has 0 saturated carbocycles. The Balaban J connectivity index is 0. The van der Waals surface area contributed by atoms with Gasteiger partial charge in [-0.15, -0.1) is 0 Å². The number of pyridine rings is 1. The molecule has 1 nitrogen and oxygen atoms in total. The average molecular weight is 147 g/mol. The van der Waals surface area contributed by atoms with Crippen molar-refractivity contribution in [1.82, 2.24) is 4.98 Å². The van der Waals surface area contributed by atoms with Gasteiger partial charge >= 0.3 is 0 Å². The summed E-state index contributed by atoms with van der Waals surface area (Å²) >= 11 is 0. The van der Waals surface area contributed by atoms with Crippen LogP contribution in [-0.4, -0.2) is 12.2 Å². The fourth-order valence-corrected chi connectivity index (χ4v) is 0.313. The Morgan fingerprint density at radius 3 is 1.56 bits per heavy atom. The van der Waals surface area contributed by atoms with E-state index in [0.29, 0.717) is 7.18 Å². The van der Waals surface area contributed by atoms with E-state index in [1.54, 1.807) is 12.4 Å². The summed E-state index contributed by atoms with van der Waals surface area (Å²) in [6, 6.07) is 5.72. The molecular weight excluding hydrogens is 137 g/mol. The highest BCUT2D eigenvalue weighted by atomic mass is 32.1. The number of rotatable bonds is 0. The lowest BCUT2D eigenvalue weighted by molar-refractivity contribution is 0.636. The van der Waals surface area contributed by atoms with Crippen molar-refractivity contribution in [3.63, 3.8) is 0 Å². The maximum absolute atomic E-state index is 9.50. The van der Waals surface area contributed by atoms with Gasteiger partial charge in [-0.25, -0.2) is 0 Å². The minimum absolute atomic E-state index is 0. The monoisotopic (exact) mass is 147 g/mol. The molecule has 0 aromatic carbocycles. The Bertz CT molecular complexity index is 85.0. The number of aromatic nitrogens is 1. The third-order valence-electron chi connectivity index (χ3n) is 0.566. The Morgan fingerprint density at radius 2 is 1.44 bits per heavy atom. The largest absolute Gasteiger partial charge is 0.265 e. The second-order valence-corrected chi connectivity index (χ2v) is 1.02. The van der Waals surface area contributed by atoms with Gasteiger partial charge in [0.05, 0.1) is 7.18 Å². The molecule has 9 heavy (non-hydrogen) atoms. The van der Waals surface area contributed by atoms with Crippen molar-refractivity contribution in [3.05, 3.63) is 30.6 Å². The first kappa shape index (κ1) is 11.3. The molecule has 0 N–H and O–H groups in total. The molecule has 0 radical (unpaired) electrons. The fraction of sp³-hybridized carbons (Fsp3) is 0.167. The van der Waals surface area contributed by atoms with Crippen LogP contribution in [-0.2, 0) is 0 Å². The van der Waals surface area contributed by atoms with Gasteiger partial charge in [-0.05, 0) is 12.1 Å². The van der Waals surface area contributed by atoms with Crippen LogP contribution in [0.15, 0.2) is 30.6 Å². The molecule has 0 aliphatic rings. The van der Waals surface area contributed by atoms with Crippen LogP contribution < -0.4 is 0 Å². The zero-order chi connectivity index (χ0) is 6.24. The van der Waals surface area contributed by atoms with E-state index in [4.69, 9.17) is 0 Å². The Labute approximate surface area is 61.4 Å². The van der Waals surface area contributed by atoms with Crippen molar-refractivity contribution in [3.8, 4) is 0 Å². The van der Waals surface area contributed by atoms with Crippen LogP contribution in [0.3, 0.4) is 0 Å². The van der Waals surface area contributed by atoms with Gasteiger partial charge in [-0.2, -0.15) is 13.5 Å². The Morgan fingerprint density at radius 1 is 1.00 bits per heavy atom. The molecule has 1 aromatic heterocycles. The van der Waals surface area contributed by atoms with Gasteiger partial charge in [0.2, 0.25) is 0 Å². The molecule has 0 atom stereocenters. The van der Waals surface area contributed by atoms with E-state index >= 15 is 0 Å². The third kappa shape index (κ3) is 7.43. The number of alkyl halides is 1. The Hall–Kier alpha value is -0.570. The zero-order valence-corrected chi connectivity index (χ0v) is 6.21. The second kappa shape index (κ2) is 10.4. The average Bonchev–Trinajstić information content (AvgIpc) is 1.96. The number of hydrogen-bond acceptors (Lipinski definition) is 1. The van der Waals surface area contributed by atoms with Gasteiger partial charge in [0, 0.05) is 12.4 Å². The predicted octanol–water partition coefficient (Wildman–Crippen LogP) is 1.78. The second-order valence-electron chi connectivity index (χ2n) is 1.02. The maximum atomic E-state index is 9.50. The van der Waals surface area contributed by atoms with Crippen LogP contribution in [0.5, 0.6) is 0 Å². The van der Waals surface area contributed by atoms with E-state index in [-0.39, 0.29) is 13.5 Å². The lowest BCUT2D eigenvalue weighted by atomic mass is 10.5. The quantitative estimate of drug-likeness (QED) is 0.545. The highest BCUT2D eigenvalue weighted by molar-refractivity contribution is 7.59. The van der Waals surface area contributed by atoms with Gasteiger partial charge in [-0.3, -0.25) is 9.37 Å². The van der Waals surface area contributed by atoms with Crippen LogP contribution in [0.1, 0.15) is 0 Å². The molecule has 3 heteroatoms. The summed E-state index contributed by atoms with van der Waals surface area (Å²) in [6.07, 6.45) is 3.50. The van der Waals surface area contributed by atoms with Crippen LogP contribution in [0.4, 0.5) is 4.39 Å². The molecule has 52 valence electrons. The van der Waals surface area contributed by atoms with Crippen molar-refractivity contribution in [2.45, 2.75) is 0 Å². The van der Waals surface area contributed by atoms with E-state index in [0.717, 1.165) is 0 Å². The molecule has 1 heterocycles. The normalized spacial score (nSPS) is 6.00.